The molecule has 170 valence electrons. The van der Waals surface area contributed by atoms with Gasteiger partial charge in [-0.2, -0.15) is 0 Å². The Bertz CT molecular complexity index is 541. The molecule has 0 atom stereocenters. The fourth-order valence-corrected chi connectivity index (χ4v) is 3.14. The highest BCUT2D eigenvalue weighted by Crippen LogP contribution is 2.20. The van der Waals surface area contributed by atoms with E-state index in [1.54, 1.807) is 30.9 Å². The molecule has 1 aliphatic rings. The molecule has 1 fully saturated rings. The molecule has 1 aliphatic heterocycles. The third-order valence-corrected chi connectivity index (χ3v) is 4.76. The number of carbonyl (C=O) groups is 2. The molecule has 0 aliphatic carbocycles. The molecule has 29 heavy (non-hydrogen) atoms. The first-order chi connectivity index (χ1) is 13.1. The summed E-state index contributed by atoms with van der Waals surface area (Å²) in [6.45, 7) is 11.4. The summed E-state index contributed by atoms with van der Waals surface area (Å²) in [5, 5.41) is 3.28. The first kappa shape index (κ1) is 27.7. The normalized spacial score (nSPS) is 15.4. The minimum atomic E-state index is -0.472. The van der Waals surface area contributed by atoms with Crippen molar-refractivity contribution in [3.8, 4) is 0 Å². The Morgan fingerprint density at radius 1 is 1.21 bits per heavy atom. The Balaban J connectivity index is 0.00000784. The highest BCUT2D eigenvalue weighted by Gasteiger charge is 2.27. The molecule has 0 radical (unpaired) electrons. The highest BCUT2D eigenvalue weighted by molar-refractivity contribution is 14.0. The number of piperidine rings is 1. The van der Waals surface area contributed by atoms with E-state index in [9.17, 15) is 9.59 Å². The molecule has 9 heteroatoms. The van der Waals surface area contributed by atoms with Crippen molar-refractivity contribution in [3.63, 3.8) is 0 Å². The van der Waals surface area contributed by atoms with Crippen LogP contribution in [0.3, 0.4) is 0 Å². The van der Waals surface area contributed by atoms with Gasteiger partial charge in [0.15, 0.2) is 5.96 Å². The molecule has 1 rings (SSSR count). The molecule has 1 N–H and O–H groups in total. The molecule has 0 aromatic rings. The van der Waals surface area contributed by atoms with Gasteiger partial charge in [-0.1, -0.05) is 0 Å². The van der Waals surface area contributed by atoms with Gasteiger partial charge in [-0.05, 0) is 46.5 Å². The molecule has 0 aromatic heterocycles. The molecule has 0 aromatic carbocycles. The summed E-state index contributed by atoms with van der Waals surface area (Å²) in [5.41, 5.74) is -0.472. The van der Waals surface area contributed by atoms with Gasteiger partial charge in [-0.3, -0.25) is 9.79 Å². The Morgan fingerprint density at radius 2 is 1.79 bits per heavy atom. The molecule has 1 heterocycles. The molecular weight excluding hydrogens is 485 g/mol. The lowest BCUT2D eigenvalue weighted by atomic mass is 9.96. The minimum Gasteiger partial charge on any atom is -0.444 e. The Kier molecular flexibility index (Phi) is 12.6. The topological polar surface area (TPSA) is 77.5 Å². The highest BCUT2D eigenvalue weighted by atomic mass is 127. The van der Waals surface area contributed by atoms with Gasteiger partial charge < -0.3 is 24.8 Å². The number of likely N-dealkylation sites (tertiary alicyclic amines) is 1. The van der Waals surface area contributed by atoms with Crippen molar-refractivity contribution >= 4 is 41.9 Å². The zero-order valence-corrected chi connectivity index (χ0v) is 21.5. The predicted octanol–water partition coefficient (Wildman–Crippen LogP) is 2.63. The van der Waals surface area contributed by atoms with E-state index in [1.807, 2.05) is 27.7 Å². The first-order valence-corrected chi connectivity index (χ1v) is 10.2. The molecule has 0 saturated carbocycles. The van der Waals surface area contributed by atoms with Crippen molar-refractivity contribution in [1.82, 2.24) is 20.0 Å². The average Bonchev–Trinajstić information content (AvgIpc) is 2.62. The monoisotopic (exact) mass is 525 g/mol. The Labute approximate surface area is 193 Å². The van der Waals surface area contributed by atoms with E-state index in [2.05, 4.69) is 15.2 Å². The molecule has 8 nitrogen and oxygen atoms in total. The van der Waals surface area contributed by atoms with E-state index in [0.717, 1.165) is 38.4 Å². The van der Waals surface area contributed by atoms with Crippen molar-refractivity contribution in [2.24, 2.45) is 10.9 Å². The number of hydrogen-bond donors (Lipinski definition) is 1. The molecule has 1 saturated heterocycles. The van der Waals surface area contributed by atoms with Crippen LogP contribution in [0, 0.1) is 5.92 Å². The number of hydrogen-bond acceptors (Lipinski definition) is 4. The third kappa shape index (κ3) is 10.4. The number of guanidine groups is 1. The van der Waals surface area contributed by atoms with Gasteiger partial charge in [0.2, 0.25) is 5.91 Å². The van der Waals surface area contributed by atoms with E-state index in [1.165, 1.54) is 0 Å². The van der Waals surface area contributed by atoms with Gasteiger partial charge in [0.1, 0.15) is 5.60 Å². The maximum Gasteiger partial charge on any atom is 0.410 e. The quantitative estimate of drug-likeness (QED) is 0.328. The summed E-state index contributed by atoms with van der Waals surface area (Å²) < 4.78 is 5.51. The molecule has 2 amide bonds. The number of halogens is 1. The number of amides is 2. The van der Waals surface area contributed by atoms with Crippen LogP contribution in [0.2, 0.25) is 0 Å². The van der Waals surface area contributed by atoms with E-state index in [4.69, 9.17) is 4.74 Å². The van der Waals surface area contributed by atoms with E-state index >= 15 is 0 Å². The number of nitrogens with zero attached hydrogens (tertiary/aromatic N) is 4. The van der Waals surface area contributed by atoms with Gasteiger partial charge in [-0.25, -0.2) is 4.79 Å². The lowest BCUT2D eigenvalue weighted by molar-refractivity contribution is -0.128. The van der Waals surface area contributed by atoms with Crippen molar-refractivity contribution in [2.45, 2.75) is 52.6 Å². The van der Waals surface area contributed by atoms with E-state index < -0.39 is 5.60 Å². The maximum absolute atomic E-state index is 12.3. The Hall–Kier alpha value is -1.26. The second-order valence-corrected chi connectivity index (χ2v) is 8.46. The summed E-state index contributed by atoms with van der Waals surface area (Å²) in [5.74, 6) is 1.39. The van der Waals surface area contributed by atoms with Crippen LogP contribution in [0.25, 0.3) is 0 Å². The van der Waals surface area contributed by atoms with Gasteiger partial charge in [0, 0.05) is 60.3 Å². The van der Waals surface area contributed by atoms with Crippen LogP contribution in [0.5, 0.6) is 0 Å². The zero-order valence-electron chi connectivity index (χ0n) is 19.2. The number of aliphatic imine (C=N–C) groups is 1. The lowest BCUT2D eigenvalue weighted by Crippen LogP contribution is -2.48. The smallest absolute Gasteiger partial charge is 0.410 e. The SMILES string of the molecule is CCN(CC1CCN(C(=NC)NCCC(=O)N(C)C)CC1)C(=O)OC(C)(C)C.I. The van der Waals surface area contributed by atoms with E-state index in [-0.39, 0.29) is 36.0 Å². The zero-order chi connectivity index (χ0) is 21.3. The third-order valence-electron chi connectivity index (χ3n) is 4.76. The van der Waals surface area contributed by atoms with E-state index in [0.29, 0.717) is 25.4 Å². The second-order valence-electron chi connectivity index (χ2n) is 8.46. The van der Waals surface area contributed by atoms with Crippen molar-refractivity contribution in [1.29, 1.82) is 0 Å². The van der Waals surface area contributed by atoms with Crippen LogP contribution >= 0.6 is 24.0 Å². The fourth-order valence-electron chi connectivity index (χ4n) is 3.14. The molecule has 0 spiro atoms. The summed E-state index contributed by atoms with van der Waals surface area (Å²) >= 11 is 0. The van der Waals surface area contributed by atoms with Crippen molar-refractivity contribution in [2.75, 3.05) is 53.9 Å². The molecule has 0 unspecified atom stereocenters. The number of nitrogens with one attached hydrogen (secondary N) is 1. The van der Waals surface area contributed by atoms with Gasteiger partial charge in [0.05, 0.1) is 0 Å². The minimum absolute atomic E-state index is 0. The van der Waals surface area contributed by atoms with Crippen LogP contribution in [-0.2, 0) is 9.53 Å². The van der Waals surface area contributed by atoms with Crippen LogP contribution in [-0.4, -0.2) is 92.1 Å². The number of rotatable bonds is 6. The second kappa shape index (κ2) is 13.1. The standard InChI is InChI=1S/C20H39N5O3.HI/c1-8-24(19(27)28-20(2,3)4)15-16-10-13-25(14-11-16)18(21-5)22-12-9-17(26)23(6)7;/h16H,8-15H2,1-7H3,(H,21,22);1H. The Morgan fingerprint density at radius 3 is 2.24 bits per heavy atom. The van der Waals surface area contributed by atoms with Gasteiger partial charge in [-0.15, -0.1) is 24.0 Å². The van der Waals surface area contributed by atoms with Gasteiger partial charge >= 0.3 is 6.09 Å². The summed E-state index contributed by atoms with van der Waals surface area (Å²) in [4.78, 5) is 34.0. The number of carbonyl (C=O) groups excluding carboxylic acids is 2. The summed E-state index contributed by atoms with van der Waals surface area (Å²) in [6, 6.07) is 0. The van der Waals surface area contributed by atoms with Gasteiger partial charge in [0.25, 0.3) is 0 Å². The summed E-state index contributed by atoms with van der Waals surface area (Å²) in [7, 11) is 5.29. The average molecular weight is 525 g/mol. The molecule has 0 bridgehead atoms. The van der Waals surface area contributed by atoms with Crippen LogP contribution < -0.4 is 5.32 Å². The van der Waals surface area contributed by atoms with Crippen molar-refractivity contribution in [3.05, 3.63) is 0 Å². The predicted molar refractivity (Wildman–Crippen MR) is 128 cm³/mol. The summed E-state index contributed by atoms with van der Waals surface area (Å²) in [6.07, 6.45) is 2.21. The fraction of sp³-hybridized carbons (Fsp3) is 0.850. The van der Waals surface area contributed by atoms with Crippen LogP contribution in [0.4, 0.5) is 4.79 Å². The first-order valence-electron chi connectivity index (χ1n) is 10.2. The maximum atomic E-state index is 12.3. The van der Waals surface area contributed by atoms with Crippen LogP contribution in [0.15, 0.2) is 4.99 Å². The lowest BCUT2D eigenvalue weighted by Gasteiger charge is -2.36. The number of ether oxygens (including phenoxy) is 1. The molecular formula is C20H40IN5O3. The largest absolute Gasteiger partial charge is 0.444 e. The van der Waals surface area contributed by atoms with Crippen molar-refractivity contribution < 1.29 is 14.3 Å². The van der Waals surface area contributed by atoms with Crippen LogP contribution in [0.1, 0.15) is 47.0 Å².